The molecule has 3 aromatic rings. The van der Waals surface area contributed by atoms with Crippen molar-refractivity contribution in [2.45, 2.75) is 19.9 Å². The van der Waals surface area contributed by atoms with Crippen molar-refractivity contribution in [1.82, 2.24) is 19.1 Å². The molecular formula is C17H19N5O3S. The van der Waals surface area contributed by atoms with Gasteiger partial charge in [0.05, 0.1) is 24.1 Å². The van der Waals surface area contributed by atoms with E-state index in [0.717, 1.165) is 28.4 Å². The number of aromatic nitrogens is 3. The van der Waals surface area contributed by atoms with Gasteiger partial charge in [-0.05, 0) is 31.5 Å². The third-order valence-corrected chi connectivity index (χ3v) is 6.00. The molecular weight excluding hydrogens is 354 g/mol. The van der Waals surface area contributed by atoms with Gasteiger partial charge in [-0.25, -0.2) is 8.42 Å². The molecule has 136 valence electrons. The first kappa shape index (κ1) is 16.8. The monoisotopic (exact) mass is 373 g/mol. The maximum absolute atomic E-state index is 13.2. The Labute approximate surface area is 150 Å². The highest BCUT2D eigenvalue weighted by Gasteiger charge is 2.31. The zero-order chi connectivity index (χ0) is 18.6. The van der Waals surface area contributed by atoms with Gasteiger partial charge in [0.25, 0.3) is 5.91 Å². The number of benzene rings is 1. The first-order valence-electron chi connectivity index (χ1n) is 8.20. The fourth-order valence-corrected chi connectivity index (χ4v) is 4.25. The second kappa shape index (κ2) is 5.68. The Morgan fingerprint density at radius 1 is 1.35 bits per heavy atom. The zero-order valence-corrected chi connectivity index (χ0v) is 15.3. The lowest BCUT2D eigenvalue weighted by atomic mass is 10.1. The first-order chi connectivity index (χ1) is 12.3. The predicted molar refractivity (Wildman–Crippen MR) is 98.4 cm³/mol. The van der Waals surface area contributed by atoms with Crippen molar-refractivity contribution >= 4 is 32.7 Å². The van der Waals surface area contributed by atoms with Gasteiger partial charge in [0.1, 0.15) is 5.82 Å². The van der Waals surface area contributed by atoms with Gasteiger partial charge in [0.2, 0.25) is 10.0 Å². The van der Waals surface area contributed by atoms with E-state index < -0.39 is 10.0 Å². The normalized spacial score (nSPS) is 15.3. The van der Waals surface area contributed by atoms with E-state index in [4.69, 9.17) is 5.73 Å². The number of H-pyrrole nitrogens is 1. The van der Waals surface area contributed by atoms with Crippen molar-refractivity contribution in [2.75, 3.05) is 18.5 Å². The molecule has 8 nitrogen and oxygen atoms in total. The Morgan fingerprint density at radius 3 is 2.85 bits per heavy atom. The van der Waals surface area contributed by atoms with E-state index >= 15 is 0 Å². The molecule has 1 aromatic carbocycles. The summed E-state index contributed by atoms with van der Waals surface area (Å²) >= 11 is 0. The number of nitrogens with zero attached hydrogens (tertiary/aromatic N) is 3. The van der Waals surface area contributed by atoms with Crippen molar-refractivity contribution in [3.05, 3.63) is 46.8 Å². The summed E-state index contributed by atoms with van der Waals surface area (Å²) in [6, 6.07) is 7.34. The van der Waals surface area contributed by atoms with E-state index in [9.17, 15) is 13.2 Å². The van der Waals surface area contributed by atoms with Crippen molar-refractivity contribution in [1.29, 1.82) is 0 Å². The lowest BCUT2D eigenvalue weighted by Gasteiger charge is -2.25. The van der Waals surface area contributed by atoms with Gasteiger partial charge < -0.3 is 10.7 Å². The Balaban J connectivity index is 1.83. The minimum absolute atomic E-state index is 0.0895. The number of fused-ring (bicyclic) bond motifs is 2. The van der Waals surface area contributed by atoms with Crippen LogP contribution in [0.4, 0.5) is 5.82 Å². The summed E-state index contributed by atoms with van der Waals surface area (Å²) in [6.07, 6.45) is 1.60. The quantitative estimate of drug-likeness (QED) is 0.702. The molecule has 0 fully saturated rings. The zero-order valence-electron chi connectivity index (χ0n) is 14.5. The fraction of sp³-hybridized carbons (Fsp3) is 0.294. The third kappa shape index (κ3) is 2.60. The molecule has 0 saturated carbocycles. The van der Waals surface area contributed by atoms with Gasteiger partial charge in [-0.2, -0.15) is 8.99 Å². The highest BCUT2D eigenvalue weighted by Crippen LogP contribution is 2.27. The van der Waals surface area contributed by atoms with Crippen LogP contribution >= 0.6 is 0 Å². The molecule has 3 heterocycles. The van der Waals surface area contributed by atoms with Gasteiger partial charge >= 0.3 is 0 Å². The summed E-state index contributed by atoms with van der Waals surface area (Å²) in [4.78, 5) is 16.4. The number of sulfonamides is 1. The molecule has 26 heavy (non-hydrogen) atoms. The van der Waals surface area contributed by atoms with E-state index in [0.29, 0.717) is 24.2 Å². The Hall–Kier alpha value is -2.65. The molecule has 0 atom stereocenters. The molecule has 0 spiro atoms. The van der Waals surface area contributed by atoms with E-state index in [1.54, 1.807) is 12.1 Å². The van der Waals surface area contributed by atoms with Crippen molar-refractivity contribution < 1.29 is 13.2 Å². The summed E-state index contributed by atoms with van der Waals surface area (Å²) in [5.41, 5.74) is 9.58. The van der Waals surface area contributed by atoms with E-state index in [-0.39, 0.29) is 18.3 Å². The van der Waals surface area contributed by atoms with Crippen LogP contribution in [-0.4, -0.2) is 46.2 Å². The van der Waals surface area contributed by atoms with Crippen LogP contribution in [0.25, 0.3) is 10.9 Å². The molecule has 0 radical (unpaired) electrons. The van der Waals surface area contributed by atoms with Crippen LogP contribution < -0.4 is 5.73 Å². The number of carbonyl (C=O) groups excluding carboxylic acids is 1. The van der Waals surface area contributed by atoms with E-state index in [1.165, 1.54) is 8.99 Å². The molecule has 0 aliphatic carbocycles. The van der Waals surface area contributed by atoms with E-state index in [1.807, 2.05) is 19.1 Å². The molecule has 0 bridgehead atoms. The van der Waals surface area contributed by atoms with Crippen LogP contribution in [-0.2, 0) is 23.0 Å². The summed E-state index contributed by atoms with van der Waals surface area (Å²) in [7, 11) is -3.36. The smallest absolute Gasteiger partial charge is 0.279 e. The number of aryl methyl sites for hydroxylation is 1. The lowest BCUT2D eigenvalue weighted by Crippen LogP contribution is -2.36. The van der Waals surface area contributed by atoms with Gasteiger partial charge in [-0.15, -0.1) is 5.10 Å². The number of anilines is 1. The molecule has 2 aromatic heterocycles. The van der Waals surface area contributed by atoms with Crippen LogP contribution in [0.1, 0.15) is 27.3 Å². The standard InChI is InChI=1S/C17H19N5O3S/c1-10-8-13-11(4-3-5-14(13)19-10)17(23)22-15-9-21(26(2,24)25)7-6-12(15)16(18)20-22/h3-5,8,19H,6-7,9H2,1-2H3,(H2,18,20). The average Bonchev–Trinajstić information content (AvgIpc) is 3.12. The topological polar surface area (TPSA) is 114 Å². The summed E-state index contributed by atoms with van der Waals surface area (Å²) in [5.74, 6) is -0.0446. The maximum Gasteiger partial charge on any atom is 0.279 e. The van der Waals surface area contributed by atoms with Crippen LogP contribution in [0.3, 0.4) is 0 Å². The molecule has 4 rings (SSSR count). The lowest BCUT2D eigenvalue weighted by molar-refractivity contribution is 0.0940. The molecule has 0 unspecified atom stereocenters. The maximum atomic E-state index is 13.2. The SMILES string of the molecule is Cc1cc2c(C(=O)n3nc(N)c4c3CN(S(C)(=O)=O)CC4)cccc2[nH]1. The second-order valence-electron chi connectivity index (χ2n) is 6.59. The Kier molecular flexibility index (Phi) is 3.67. The minimum Gasteiger partial charge on any atom is -0.382 e. The molecule has 1 aliphatic heterocycles. The number of hydrogen-bond acceptors (Lipinski definition) is 5. The summed E-state index contributed by atoms with van der Waals surface area (Å²) in [6.45, 7) is 2.35. The molecule has 9 heteroatoms. The average molecular weight is 373 g/mol. The predicted octanol–water partition coefficient (Wildman–Crippen LogP) is 1.26. The van der Waals surface area contributed by atoms with Crippen LogP contribution in [0.15, 0.2) is 24.3 Å². The van der Waals surface area contributed by atoms with Gasteiger partial charge in [0.15, 0.2) is 0 Å². The minimum atomic E-state index is -3.36. The van der Waals surface area contributed by atoms with E-state index in [2.05, 4.69) is 10.1 Å². The van der Waals surface area contributed by atoms with Gasteiger partial charge in [0, 0.05) is 28.7 Å². The second-order valence-corrected chi connectivity index (χ2v) is 8.58. The number of hydrogen-bond donors (Lipinski definition) is 2. The van der Waals surface area contributed by atoms with Crippen molar-refractivity contribution in [2.24, 2.45) is 0 Å². The highest BCUT2D eigenvalue weighted by atomic mass is 32.2. The largest absolute Gasteiger partial charge is 0.382 e. The third-order valence-electron chi connectivity index (χ3n) is 4.75. The number of aromatic amines is 1. The number of rotatable bonds is 2. The van der Waals surface area contributed by atoms with Crippen LogP contribution in [0.5, 0.6) is 0 Å². The Bertz CT molecular complexity index is 1140. The molecule has 0 amide bonds. The van der Waals surface area contributed by atoms with Crippen molar-refractivity contribution in [3.8, 4) is 0 Å². The molecule has 0 saturated heterocycles. The number of carbonyl (C=O) groups is 1. The highest BCUT2D eigenvalue weighted by molar-refractivity contribution is 7.88. The molecule has 1 aliphatic rings. The van der Waals surface area contributed by atoms with Crippen LogP contribution in [0, 0.1) is 6.92 Å². The fourth-order valence-electron chi connectivity index (χ4n) is 3.47. The number of nitrogens with two attached hydrogens (primary N) is 1. The summed E-state index contributed by atoms with van der Waals surface area (Å²) < 4.78 is 26.4. The van der Waals surface area contributed by atoms with Crippen LogP contribution in [0.2, 0.25) is 0 Å². The summed E-state index contributed by atoms with van der Waals surface area (Å²) in [5, 5.41) is 5.01. The number of nitrogen functional groups attached to an aromatic ring is 1. The van der Waals surface area contributed by atoms with Gasteiger partial charge in [-0.1, -0.05) is 6.07 Å². The number of nitrogens with one attached hydrogen (secondary N) is 1. The van der Waals surface area contributed by atoms with Gasteiger partial charge in [-0.3, -0.25) is 4.79 Å². The molecule has 3 N–H and O–H groups in total. The van der Waals surface area contributed by atoms with Crippen molar-refractivity contribution in [3.63, 3.8) is 0 Å². The Morgan fingerprint density at radius 2 is 2.12 bits per heavy atom. The first-order valence-corrected chi connectivity index (χ1v) is 10.0.